The molecule has 7 rings (SSSR count). The number of nitrogens with zero attached hydrogens (tertiary/aromatic N) is 8. The van der Waals surface area contributed by atoms with Crippen LogP contribution >= 0.6 is 0 Å². The van der Waals surface area contributed by atoms with Gasteiger partial charge in [0, 0.05) is 55.9 Å². The summed E-state index contributed by atoms with van der Waals surface area (Å²) in [4.78, 5) is 22.7. The molecule has 5 heterocycles. The van der Waals surface area contributed by atoms with Crippen LogP contribution in [0.1, 0.15) is 24.7 Å². The maximum atomic E-state index is 9.19. The minimum atomic E-state index is 0.217. The molecule has 0 saturated carbocycles. The Kier molecular flexibility index (Phi) is 7.27. The summed E-state index contributed by atoms with van der Waals surface area (Å²) in [6.45, 7) is 7.31. The van der Waals surface area contributed by atoms with Crippen molar-refractivity contribution in [2.45, 2.75) is 26.6 Å². The van der Waals surface area contributed by atoms with E-state index in [0.717, 1.165) is 84.6 Å². The fraction of sp³-hybridized carbons (Fsp3) is 0.265. The molecule has 0 radical (unpaired) electrons. The maximum absolute atomic E-state index is 9.19. The van der Waals surface area contributed by atoms with Crippen LogP contribution in [-0.2, 0) is 13.3 Å². The second-order valence-corrected chi connectivity index (χ2v) is 11.0. The Morgan fingerprint density at radius 2 is 1.86 bits per heavy atom. The second-order valence-electron chi connectivity index (χ2n) is 11.0. The van der Waals surface area contributed by atoms with Gasteiger partial charge in [0.15, 0.2) is 6.73 Å². The van der Waals surface area contributed by atoms with Crippen LogP contribution in [0.15, 0.2) is 85.3 Å². The van der Waals surface area contributed by atoms with Crippen LogP contribution in [-0.4, -0.2) is 55.6 Å². The molecule has 0 spiro atoms. The monoisotopic (exact) mass is 568 g/mol. The Morgan fingerprint density at radius 1 is 1.00 bits per heavy atom. The predicted molar refractivity (Wildman–Crippen MR) is 165 cm³/mol. The van der Waals surface area contributed by atoms with E-state index < -0.39 is 0 Å². The summed E-state index contributed by atoms with van der Waals surface area (Å²) in [5.74, 6) is 3.27. The fourth-order valence-electron chi connectivity index (χ4n) is 6.19. The van der Waals surface area contributed by atoms with Crippen molar-refractivity contribution in [3.8, 4) is 45.7 Å². The smallest absolute Gasteiger partial charge is 0.234 e. The molecule has 0 amide bonds. The van der Waals surface area contributed by atoms with Gasteiger partial charge in [-0.2, -0.15) is 5.26 Å². The average Bonchev–Trinajstić information content (AvgIpc) is 3.69. The standard InChI is InChI=1S/C34H32N8O/c1-2-41(31-13-16-37-30(18-35)38-31)22-25-14-17-40(21-25)20-24-8-10-26(11-9-24)32-33(27-6-4-3-5-7-27)42-23-43-29-12-15-36-19-28(29)34(42)39-32/h3-13,15-16,19,25H,2,14,17,20-23H2,1H3. The van der Waals surface area contributed by atoms with Crippen molar-refractivity contribution >= 4 is 5.82 Å². The van der Waals surface area contributed by atoms with Crippen molar-refractivity contribution in [2.24, 2.45) is 5.92 Å². The third-order valence-corrected chi connectivity index (χ3v) is 8.31. The normalized spacial score (nSPS) is 15.8. The third kappa shape index (κ3) is 5.33. The highest BCUT2D eigenvalue weighted by Crippen LogP contribution is 2.41. The van der Waals surface area contributed by atoms with Crippen LogP contribution in [0.4, 0.5) is 5.82 Å². The van der Waals surface area contributed by atoms with E-state index in [2.05, 4.69) is 84.8 Å². The first-order valence-electron chi connectivity index (χ1n) is 14.7. The highest BCUT2D eigenvalue weighted by Gasteiger charge is 2.27. The lowest BCUT2D eigenvalue weighted by Gasteiger charge is -2.25. The summed E-state index contributed by atoms with van der Waals surface area (Å²) in [6.07, 6.45) is 6.39. The highest BCUT2D eigenvalue weighted by molar-refractivity contribution is 5.83. The van der Waals surface area contributed by atoms with Crippen molar-refractivity contribution in [2.75, 3.05) is 31.1 Å². The quantitative estimate of drug-likeness (QED) is 0.237. The summed E-state index contributed by atoms with van der Waals surface area (Å²) >= 11 is 0. The van der Waals surface area contributed by atoms with Crippen molar-refractivity contribution < 1.29 is 4.74 Å². The lowest BCUT2D eigenvalue weighted by molar-refractivity contribution is 0.231. The van der Waals surface area contributed by atoms with Crippen molar-refractivity contribution in [3.63, 3.8) is 0 Å². The molecule has 1 atom stereocenters. The lowest BCUT2D eigenvalue weighted by Crippen LogP contribution is -2.31. The number of nitriles is 1. The molecular weight excluding hydrogens is 536 g/mol. The summed E-state index contributed by atoms with van der Waals surface area (Å²) < 4.78 is 8.23. The van der Waals surface area contributed by atoms with E-state index in [0.29, 0.717) is 12.6 Å². The second kappa shape index (κ2) is 11.7. The first-order chi connectivity index (χ1) is 21.2. The maximum Gasteiger partial charge on any atom is 0.234 e. The van der Waals surface area contributed by atoms with Gasteiger partial charge in [-0.25, -0.2) is 15.0 Å². The topological polar surface area (TPSA) is 96.0 Å². The molecule has 2 aromatic carbocycles. The molecule has 0 N–H and O–H groups in total. The molecule has 9 heteroatoms. The average molecular weight is 569 g/mol. The Bertz CT molecular complexity index is 1780. The number of aromatic nitrogens is 5. The van der Waals surface area contributed by atoms with Gasteiger partial charge in [0.25, 0.3) is 0 Å². The van der Waals surface area contributed by atoms with Crippen LogP contribution in [0.3, 0.4) is 0 Å². The number of ether oxygens (including phenoxy) is 1. The molecule has 2 aliphatic heterocycles. The molecule has 43 heavy (non-hydrogen) atoms. The van der Waals surface area contributed by atoms with Crippen LogP contribution < -0.4 is 9.64 Å². The van der Waals surface area contributed by atoms with Crippen LogP contribution in [0, 0.1) is 17.2 Å². The molecule has 1 saturated heterocycles. The van der Waals surface area contributed by atoms with E-state index >= 15 is 0 Å². The summed E-state index contributed by atoms with van der Waals surface area (Å²) in [7, 11) is 0. The molecule has 9 nitrogen and oxygen atoms in total. The summed E-state index contributed by atoms with van der Waals surface area (Å²) in [6, 6.07) is 25.1. The van der Waals surface area contributed by atoms with E-state index in [9.17, 15) is 5.26 Å². The number of likely N-dealkylation sites (tertiary alicyclic amines) is 1. The molecule has 3 aromatic heterocycles. The highest BCUT2D eigenvalue weighted by atomic mass is 16.5. The van der Waals surface area contributed by atoms with Gasteiger partial charge < -0.3 is 9.64 Å². The number of anilines is 1. The van der Waals surface area contributed by atoms with Gasteiger partial charge in [0.2, 0.25) is 5.82 Å². The summed E-state index contributed by atoms with van der Waals surface area (Å²) in [5, 5.41) is 9.19. The first-order valence-corrected chi connectivity index (χ1v) is 14.7. The van der Waals surface area contributed by atoms with E-state index in [1.807, 2.05) is 30.5 Å². The predicted octanol–water partition coefficient (Wildman–Crippen LogP) is 5.64. The van der Waals surface area contributed by atoms with Crippen molar-refractivity contribution in [1.29, 1.82) is 5.26 Å². The molecule has 214 valence electrons. The molecular formula is C34H32N8O. The van der Waals surface area contributed by atoms with Gasteiger partial charge >= 0.3 is 0 Å². The van der Waals surface area contributed by atoms with Crippen LogP contribution in [0.25, 0.3) is 33.9 Å². The zero-order valence-corrected chi connectivity index (χ0v) is 24.1. The fourth-order valence-corrected chi connectivity index (χ4v) is 6.19. The third-order valence-electron chi connectivity index (χ3n) is 8.31. The Balaban J connectivity index is 1.08. The first kappa shape index (κ1) is 26.8. The number of imidazole rings is 1. The zero-order chi connectivity index (χ0) is 29.2. The largest absolute Gasteiger partial charge is 0.472 e. The number of benzene rings is 2. The minimum Gasteiger partial charge on any atom is -0.472 e. The number of fused-ring (bicyclic) bond motifs is 3. The number of rotatable bonds is 8. The van der Waals surface area contributed by atoms with Crippen molar-refractivity contribution in [1.82, 2.24) is 29.4 Å². The van der Waals surface area contributed by atoms with Gasteiger partial charge in [-0.15, -0.1) is 0 Å². The molecule has 1 fully saturated rings. The minimum absolute atomic E-state index is 0.217. The number of hydrogen-bond donors (Lipinski definition) is 0. The van der Waals surface area contributed by atoms with Gasteiger partial charge in [-0.05, 0) is 43.5 Å². The number of hydrogen-bond acceptors (Lipinski definition) is 8. The van der Waals surface area contributed by atoms with Crippen LogP contribution in [0.5, 0.6) is 5.75 Å². The van der Waals surface area contributed by atoms with E-state index in [-0.39, 0.29) is 5.82 Å². The Labute approximate surface area is 251 Å². The molecule has 1 unspecified atom stereocenters. The zero-order valence-electron chi connectivity index (χ0n) is 24.1. The number of pyridine rings is 1. The molecule has 0 aliphatic carbocycles. The molecule has 5 aromatic rings. The van der Waals surface area contributed by atoms with Gasteiger partial charge in [-0.1, -0.05) is 54.6 Å². The Morgan fingerprint density at radius 3 is 2.67 bits per heavy atom. The lowest BCUT2D eigenvalue weighted by atomic mass is 10.0. The van der Waals surface area contributed by atoms with Crippen molar-refractivity contribution in [3.05, 3.63) is 96.7 Å². The van der Waals surface area contributed by atoms with Gasteiger partial charge in [0.05, 0.1) is 17.0 Å². The Hall–Kier alpha value is -5.07. The van der Waals surface area contributed by atoms with E-state index in [4.69, 9.17) is 9.72 Å². The molecule has 0 bridgehead atoms. The van der Waals surface area contributed by atoms with E-state index in [1.165, 1.54) is 5.56 Å². The van der Waals surface area contributed by atoms with Crippen LogP contribution in [0.2, 0.25) is 0 Å². The van der Waals surface area contributed by atoms with E-state index in [1.54, 1.807) is 12.4 Å². The molecule has 2 aliphatic rings. The van der Waals surface area contributed by atoms with Gasteiger partial charge in [-0.3, -0.25) is 14.5 Å². The van der Waals surface area contributed by atoms with Gasteiger partial charge in [0.1, 0.15) is 23.5 Å². The SMILES string of the molecule is CCN(CC1CCN(Cc2ccc(-c3nc4n(c3-c3ccccc3)COc3ccncc3-4)cc2)C1)c1ccnc(C#N)n1. The summed E-state index contributed by atoms with van der Waals surface area (Å²) in [5.41, 5.74) is 6.36.